The van der Waals surface area contributed by atoms with E-state index in [9.17, 15) is 9.59 Å². The van der Waals surface area contributed by atoms with Crippen LogP contribution in [0.15, 0.2) is 0 Å². The second-order valence-corrected chi connectivity index (χ2v) is 7.30. The third-order valence-electron chi connectivity index (χ3n) is 3.87. The van der Waals surface area contributed by atoms with Crippen molar-refractivity contribution >= 4 is 23.7 Å². The number of rotatable bonds is 17. The molecule has 0 fully saturated rings. The van der Waals surface area contributed by atoms with E-state index < -0.39 is 23.7 Å². The molecule has 0 radical (unpaired) electrons. The average molecular weight is 379 g/mol. The Kier molecular flexibility index (Phi) is 17.5. The predicted molar refractivity (Wildman–Crippen MR) is 104 cm³/mol. The van der Waals surface area contributed by atoms with E-state index in [0.717, 1.165) is 12.8 Å². The summed E-state index contributed by atoms with van der Waals surface area (Å²) in [6.07, 6.45) is 14.3. The van der Waals surface area contributed by atoms with Crippen molar-refractivity contribution in [2.45, 2.75) is 104 Å². The standard InChI is InChI=1S/C19H38O5S/c1-4-7-8-9-10-11-12-13-14-15-16-17-22-25(23-18(20)5-2)24-19(21)6-3/h25H,4-17H2,1-3H3. The molecule has 0 amide bonds. The van der Waals surface area contributed by atoms with Crippen molar-refractivity contribution in [2.75, 3.05) is 6.61 Å². The van der Waals surface area contributed by atoms with Gasteiger partial charge in [-0.2, -0.15) is 0 Å². The maximum atomic E-state index is 11.3. The molecule has 0 atom stereocenters. The van der Waals surface area contributed by atoms with Gasteiger partial charge in [-0.25, -0.2) is 0 Å². The van der Waals surface area contributed by atoms with Crippen LogP contribution in [0.3, 0.4) is 0 Å². The summed E-state index contributed by atoms with van der Waals surface area (Å²) in [5.41, 5.74) is 0. The van der Waals surface area contributed by atoms with Crippen molar-refractivity contribution in [3.05, 3.63) is 0 Å². The molecule has 0 heterocycles. The van der Waals surface area contributed by atoms with E-state index in [0.29, 0.717) is 6.61 Å². The summed E-state index contributed by atoms with van der Waals surface area (Å²) in [6.45, 7) is 6.09. The lowest BCUT2D eigenvalue weighted by Gasteiger charge is -2.20. The molecular weight excluding hydrogens is 340 g/mol. The first-order chi connectivity index (χ1) is 12.1. The van der Waals surface area contributed by atoms with Crippen LogP contribution in [0.25, 0.3) is 0 Å². The van der Waals surface area contributed by atoms with E-state index in [-0.39, 0.29) is 12.8 Å². The normalized spacial score (nSPS) is 11.2. The molecule has 0 spiro atoms. The Morgan fingerprint density at radius 2 is 1.04 bits per heavy atom. The fourth-order valence-electron chi connectivity index (χ4n) is 2.27. The van der Waals surface area contributed by atoms with Crippen LogP contribution in [-0.4, -0.2) is 18.5 Å². The molecule has 0 bridgehead atoms. The number of hydrogen-bond donors (Lipinski definition) is 1. The second-order valence-electron chi connectivity index (χ2n) is 6.23. The minimum absolute atomic E-state index is 0.240. The molecule has 0 aliphatic carbocycles. The van der Waals surface area contributed by atoms with Crippen LogP contribution in [0.4, 0.5) is 0 Å². The van der Waals surface area contributed by atoms with Crippen LogP contribution >= 0.6 is 11.7 Å². The van der Waals surface area contributed by atoms with Gasteiger partial charge in [-0.3, -0.25) is 13.8 Å². The number of carbonyl (C=O) groups is 2. The van der Waals surface area contributed by atoms with Gasteiger partial charge in [-0.1, -0.05) is 85.0 Å². The molecule has 0 rings (SSSR count). The molecule has 0 saturated heterocycles. The van der Waals surface area contributed by atoms with Crippen molar-refractivity contribution in [1.29, 1.82) is 0 Å². The van der Waals surface area contributed by atoms with Crippen LogP contribution in [0.1, 0.15) is 104 Å². The van der Waals surface area contributed by atoms with Gasteiger partial charge in [0.2, 0.25) is 0 Å². The molecule has 25 heavy (non-hydrogen) atoms. The van der Waals surface area contributed by atoms with Gasteiger partial charge in [0.1, 0.15) is 0 Å². The van der Waals surface area contributed by atoms with Gasteiger partial charge in [-0.15, -0.1) is 0 Å². The largest absolute Gasteiger partial charge is 0.360 e. The Labute approximate surface area is 157 Å². The van der Waals surface area contributed by atoms with E-state index in [1.54, 1.807) is 13.8 Å². The highest BCUT2D eigenvalue weighted by Gasteiger charge is 2.14. The summed E-state index contributed by atoms with van der Waals surface area (Å²) >= 11 is -1.89. The SMILES string of the molecule is CCCCCCCCCCCCCO[SH](OC(=O)CC)OC(=O)CC. The molecule has 0 N–H and O–H groups in total. The van der Waals surface area contributed by atoms with Crippen LogP contribution in [0.2, 0.25) is 0 Å². The lowest BCUT2D eigenvalue weighted by molar-refractivity contribution is -0.137. The molecule has 0 unspecified atom stereocenters. The van der Waals surface area contributed by atoms with Gasteiger partial charge in [0.15, 0.2) is 11.7 Å². The quantitative estimate of drug-likeness (QED) is 0.250. The first-order valence-electron chi connectivity index (χ1n) is 9.98. The zero-order valence-corrected chi connectivity index (χ0v) is 17.3. The summed E-state index contributed by atoms with van der Waals surface area (Å²) < 4.78 is 15.5. The van der Waals surface area contributed by atoms with Crippen LogP contribution in [-0.2, 0) is 22.1 Å². The molecule has 0 aromatic rings. The predicted octanol–water partition coefficient (Wildman–Crippen LogP) is 5.97. The van der Waals surface area contributed by atoms with Gasteiger partial charge >= 0.3 is 11.9 Å². The number of unbranched alkanes of at least 4 members (excludes halogenated alkanes) is 10. The molecule has 0 aliphatic rings. The van der Waals surface area contributed by atoms with Crippen molar-refractivity contribution < 1.29 is 22.1 Å². The van der Waals surface area contributed by atoms with E-state index in [2.05, 4.69) is 6.92 Å². The fraction of sp³-hybridized carbons (Fsp3) is 0.895. The average Bonchev–Trinajstić information content (AvgIpc) is 2.62. The molecule has 0 aromatic carbocycles. The highest BCUT2D eigenvalue weighted by Crippen LogP contribution is 2.31. The Bertz CT molecular complexity index is 318. The Balaban J connectivity index is 3.60. The van der Waals surface area contributed by atoms with Crippen LogP contribution in [0.5, 0.6) is 0 Å². The molecule has 0 saturated carbocycles. The Morgan fingerprint density at radius 3 is 1.44 bits per heavy atom. The summed E-state index contributed by atoms with van der Waals surface area (Å²) in [5, 5.41) is 0. The highest BCUT2D eigenvalue weighted by molar-refractivity contribution is 8.04. The van der Waals surface area contributed by atoms with E-state index >= 15 is 0 Å². The summed E-state index contributed by atoms with van der Waals surface area (Å²) in [4.78, 5) is 22.7. The monoisotopic (exact) mass is 378 g/mol. The fourth-order valence-corrected chi connectivity index (χ4v) is 3.28. The molecule has 5 nitrogen and oxygen atoms in total. The molecule has 6 heteroatoms. The van der Waals surface area contributed by atoms with Crippen molar-refractivity contribution in [2.24, 2.45) is 0 Å². The summed E-state index contributed by atoms with van der Waals surface area (Å²) in [7, 11) is 0. The number of carbonyl (C=O) groups excluding carboxylic acids is 2. The number of hydrogen-bond acceptors (Lipinski definition) is 5. The zero-order chi connectivity index (χ0) is 18.8. The molecule has 0 aliphatic heterocycles. The zero-order valence-electron chi connectivity index (χ0n) is 16.4. The lowest BCUT2D eigenvalue weighted by atomic mass is 10.1. The second kappa shape index (κ2) is 18.1. The molecule has 150 valence electrons. The first kappa shape index (κ1) is 24.2. The number of thiol groups is 1. The maximum absolute atomic E-state index is 11.3. The first-order valence-corrected chi connectivity index (χ1v) is 11.1. The Morgan fingerprint density at radius 1 is 0.640 bits per heavy atom. The topological polar surface area (TPSA) is 61.8 Å². The van der Waals surface area contributed by atoms with E-state index in [4.69, 9.17) is 12.5 Å². The van der Waals surface area contributed by atoms with E-state index in [1.807, 2.05) is 0 Å². The van der Waals surface area contributed by atoms with Crippen molar-refractivity contribution in [3.63, 3.8) is 0 Å². The smallest absolute Gasteiger partial charge is 0.320 e. The van der Waals surface area contributed by atoms with Gasteiger partial charge in [-0.05, 0) is 6.42 Å². The van der Waals surface area contributed by atoms with Gasteiger partial charge < -0.3 is 8.37 Å². The summed E-state index contributed by atoms with van der Waals surface area (Å²) in [5.74, 6) is -0.817. The Hall–Kier alpha value is -0.750. The van der Waals surface area contributed by atoms with Crippen LogP contribution < -0.4 is 0 Å². The van der Waals surface area contributed by atoms with E-state index in [1.165, 1.54) is 57.8 Å². The third kappa shape index (κ3) is 16.5. The van der Waals surface area contributed by atoms with Gasteiger partial charge in [0.05, 0.1) is 6.61 Å². The van der Waals surface area contributed by atoms with Gasteiger partial charge in [0, 0.05) is 12.8 Å². The molecule has 0 aromatic heterocycles. The molecular formula is C19H38O5S. The van der Waals surface area contributed by atoms with Gasteiger partial charge in [0.25, 0.3) is 0 Å². The minimum Gasteiger partial charge on any atom is -0.360 e. The lowest BCUT2D eigenvalue weighted by Crippen LogP contribution is -2.09. The third-order valence-corrected chi connectivity index (χ3v) is 4.97. The highest BCUT2D eigenvalue weighted by atomic mass is 32.3. The van der Waals surface area contributed by atoms with Crippen molar-refractivity contribution in [1.82, 2.24) is 0 Å². The van der Waals surface area contributed by atoms with Crippen LogP contribution in [0, 0.1) is 0 Å². The van der Waals surface area contributed by atoms with Crippen molar-refractivity contribution in [3.8, 4) is 0 Å². The minimum atomic E-state index is -1.89. The maximum Gasteiger partial charge on any atom is 0.320 e. The summed E-state index contributed by atoms with van der Waals surface area (Å²) in [6, 6.07) is 0.